The van der Waals surface area contributed by atoms with Crippen molar-refractivity contribution in [2.75, 3.05) is 39.6 Å². The van der Waals surface area contributed by atoms with E-state index in [4.69, 9.17) is 37.0 Å². The number of carbonyl (C=O) groups is 4. The molecule has 0 fully saturated rings. The van der Waals surface area contributed by atoms with Crippen molar-refractivity contribution in [1.82, 2.24) is 0 Å². The Morgan fingerprint density at radius 2 is 0.543 bits per heavy atom. The van der Waals surface area contributed by atoms with Gasteiger partial charge in [-0.3, -0.25) is 37.3 Å². The lowest BCUT2D eigenvalue weighted by molar-refractivity contribution is -0.161. The lowest BCUT2D eigenvalue weighted by Gasteiger charge is -2.21. The third-order valence-corrected chi connectivity index (χ3v) is 19.7. The number of aliphatic hydroxyl groups is 1. The first-order valence-electron chi connectivity index (χ1n) is 39.0. The Balaban J connectivity index is 5.25. The Morgan fingerprint density at radius 3 is 0.809 bits per heavy atom. The van der Waals surface area contributed by atoms with Crippen LogP contribution in [0.25, 0.3) is 0 Å². The maximum absolute atomic E-state index is 13.1. The lowest BCUT2D eigenvalue weighted by atomic mass is 9.99. The second-order valence-electron chi connectivity index (χ2n) is 27.8. The molecule has 17 nitrogen and oxygen atoms in total. The van der Waals surface area contributed by atoms with Gasteiger partial charge in [-0.15, -0.1) is 0 Å². The smallest absolute Gasteiger partial charge is 0.462 e. The van der Waals surface area contributed by atoms with Crippen molar-refractivity contribution in [3.05, 3.63) is 0 Å². The topological polar surface area (TPSA) is 237 Å². The molecule has 3 N–H and O–H groups in total. The van der Waals surface area contributed by atoms with Crippen LogP contribution in [0.5, 0.6) is 0 Å². The summed E-state index contributed by atoms with van der Waals surface area (Å²) in [5.41, 5.74) is 0. The first kappa shape index (κ1) is 92.1. The van der Waals surface area contributed by atoms with Gasteiger partial charge >= 0.3 is 39.5 Å². The van der Waals surface area contributed by atoms with E-state index in [1.54, 1.807) is 0 Å². The molecule has 0 aliphatic heterocycles. The minimum atomic E-state index is -4.96. The number of rotatable bonds is 74. The monoisotopic (exact) mass is 1380 g/mol. The molecule has 0 aliphatic carbocycles. The first-order chi connectivity index (χ1) is 45.4. The molecular formula is C75H146O17P2. The molecule has 0 saturated carbocycles. The van der Waals surface area contributed by atoms with E-state index in [1.807, 2.05) is 0 Å². The van der Waals surface area contributed by atoms with Crippen LogP contribution in [0.15, 0.2) is 0 Å². The van der Waals surface area contributed by atoms with Crippen LogP contribution < -0.4 is 0 Å². The van der Waals surface area contributed by atoms with Crippen LogP contribution in [0.4, 0.5) is 0 Å². The number of aliphatic hydroxyl groups excluding tert-OH is 1. The maximum Gasteiger partial charge on any atom is 0.472 e. The van der Waals surface area contributed by atoms with Crippen molar-refractivity contribution < 1.29 is 80.2 Å². The molecule has 6 atom stereocenters. The fourth-order valence-corrected chi connectivity index (χ4v) is 13.0. The summed E-state index contributed by atoms with van der Waals surface area (Å²) in [6.45, 7) is 9.60. The summed E-state index contributed by atoms with van der Waals surface area (Å²) in [6, 6.07) is 0. The number of hydrogen-bond donors (Lipinski definition) is 3. The van der Waals surface area contributed by atoms with Crippen LogP contribution in [-0.2, 0) is 65.4 Å². The molecular weight excluding hydrogens is 1230 g/mol. The van der Waals surface area contributed by atoms with E-state index in [1.165, 1.54) is 205 Å². The van der Waals surface area contributed by atoms with Gasteiger partial charge in [-0.05, 0) is 37.5 Å². The van der Waals surface area contributed by atoms with Crippen LogP contribution in [0.1, 0.15) is 388 Å². The Kier molecular flexibility index (Phi) is 65.5. The lowest BCUT2D eigenvalue weighted by Crippen LogP contribution is -2.30. The largest absolute Gasteiger partial charge is 0.472 e. The van der Waals surface area contributed by atoms with Crippen LogP contribution in [0.2, 0.25) is 0 Å². The Morgan fingerprint density at radius 1 is 0.309 bits per heavy atom. The highest BCUT2D eigenvalue weighted by molar-refractivity contribution is 7.47. The first-order valence-corrected chi connectivity index (χ1v) is 42.0. The average molecular weight is 1380 g/mol. The van der Waals surface area contributed by atoms with Crippen LogP contribution in [0.3, 0.4) is 0 Å². The van der Waals surface area contributed by atoms with Gasteiger partial charge in [0.25, 0.3) is 0 Å². The van der Waals surface area contributed by atoms with E-state index >= 15 is 0 Å². The fourth-order valence-electron chi connectivity index (χ4n) is 11.4. The number of phosphoric acid groups is 2. The van der Waals surface area contributed by atoms with Crippen molar-refractivity contribution in [1.29, 1.82) is 0 Å². The molecule has 94 heavy (non-hydrogen) atoms. The molecule has 0 amide bonds. The van der Waals surface area contributed by atoms with Crippen LogP contribution >= 0.6 is 15.6 Å². The molecule has 3 unspecified atom stereocenters. The van der Waals surface area contributed by atoms with E-state index in [0.29, 0.717) is 25.7 Å². The molecule has 0 aromatic heterocycles. The zero-order valence-electron chi connectivity index (χ0n) is 61.3. The van der Waals surface area contributed by atoms with E-state index < -0.39 is 97.5 Å². The van der Waals surface area contributed by atoms with E-state index in [0.717, 1.165) is 102 Å². The molecule has 0 saturated heterocycles. The Hall–Kier alpha value is -1.94. The van der Waals surface area contributed by atoms with Crippen molar-refractivity contribution in [2.45, 2.75) is 407 Å². The SMILES string of the molecule is CCCCCCCCCCCCCCCCCCC(=O)OC[C@H](COP(=O)(O)OC[C@@H](O)COP(=O)(O)OC[C@@H](COC(=O)CCCCCCCCCCCC)OC(=O)CCCCCCCCCCC(C)CC)OC(=O)CCCCCCCCCCCCCCCC(C)C. The quantitative estimate of drug-likeness (QED) is 0.0222. The minimum absolute atomic E-state index is 0.105. The second-order valence-corrected chi connectivity index (χ2v) is 30.7. The minimum Gasteiger partial charge on any atom is -0.462 e. The maximum atomic E-state index is 13.1. The third-order valence-electron chi connectivity index (χ3n) is 17.8. The fraction of sp³-hybridized carbons (Fsp3) is 0.947. The Bertz CT molecular complexity index is 1820. The predicted molar refractivity (Wildman–Crippen MR) is 381 cm³/mol. The Labute approximate surface area is 575 Å². The van der Waals surface area contributed by atoms with Crippen LogP contribution in [-0.4, -0.2) is 96.7 Å². The zero-order chi connectivity index (χ0) is 69.3. The molecule has 19 heteroatoms. The molecule has 558 valence electrons. The van der Waals surface area contributed by atoms with E-state index in [2.05, 4.69) is 41.5 Å². The van der Waals surface area contributed by atoms with Gasteiger partial charge in [0.1, 0.15) is 19.3 Å². The van der Waals surface area contributed by atoms with E-state index in [-0.39, 0.29) is 25.7 Å². The highest BCUT2D eigenvalue weighted by Gasteiger charge is 2.30. The summed E-state index contributed by atoms with van der Waals surface area (Å²) in [5.74, 6) is -0.561. The highest BCUT2D eigenvalue weighted by Crippen LogP contribution is 2.45. The van der Waals surface area contributed by atoms with Crippen LogP contribution in [0, 0.1) is 11.8 Å². The number of hydrogen-bond acceptors (Lipinski definition) is 15. The predicted octanol–water partition coefficient (Wildman–Crippen LogP) is 21.9. The molecule has 0 heterocycles. The molecule has 0 aromatic carbocycles. The zero-order valence-corrected chi connectivity index (χ0v) is 63.1. The molecule has 0 radical (unpaired) electrons. The molecule has 0 spiro atoms. The third kappa shape index (κ3) is 67.3. The van der Waals surface area contributed by atoms with Crippen molar-refractivity contribution >= 4 is 39.5 Å². The average Bonchev–Trinajstić information content (AvgIpc) is 1.57. The van der Waals surface area contributed by atoms with Gasteiger partial charge in [-0.25, -0.2) is 9.13 Å². The second kappa shape index (κ2) is 66.9. The van der Waals surface area contributed by atoms with Gasteiger partial charge in [0.2, 0.25) is 0 Å². The standard InChI is InChI=1S/C75H146O17P2/c1-7-10-12-14-16-18-20-21-22-23-26-29-33-40-46-52-58-73(78)86-63-70(91-74(79)59-53-47-41-34-30-27-24-25-28-31-37-43-49-55-67(4)5)65-89-93(81,82)87-61-69(76)62-88-94(83,84)90-66-71(64-85-72(77)57-51-45-39-32-19-17-15-13-11-8-2)92-75(80)60-54-48-42-36-35-38-44-50-56-68(6)9-3/h67-71,76H,7-66H2,1-6H3,(H,81,82)(H,83,84)/t68?,69-,70-,71-/m1/s1. The molecule has 0 aliphatic rings. The van der Waals surface area contributed by atoms with Gasteiger partial charge in [-0.1, -0.05) is 337 Å². The number of carbonyl (C=O) groups excluding carboxylic acids is 4. The summed E-state index contributed by atoms with van der Waals surface area (Å²) in [5, 5.41) is 10.6. The van der Waals surface area contributed by atoms with Gasteiger partial charge in [0.05, 0.1) is 26.4 Å². The number of phosphoric ester groups is 2. The molecule has 0 bridgehead atoms. The van der Waals surface area contributed by atoms with Crippen molar-refractivity contribution in [3.8, 4) is 0 Å². The normalized spacial score (nSPS) is 14.3. The van der Waals surface area contributed by atoms with Gasteiger partial charge in [0, 0.05) is 25.7 Å². The van der Waals surface area contributed by atoms with Crippen molar-refractivity contribution in [2.24, 2.45) is 11.8 Å². The molecule has 0 aromatic rings. The summed E-state index contributed by atoms with van der Waals surface area (Å²) < 4.78 is 68.5. The number of ether oxygens (including phenoxy) is 4. The van der Waals surface area contributed by atoms with Gasteiger partial charge < -0.3 is 33.8 Å². The van der Waals surface area contributed by atoms with E-state index in [9.17, 15) is 43.2 Å². The van der Waals surface area contributed by atoms with Crippen molar-refractivity contribution in [3.63, 3.8) is 0 Å². The highest BCUT2D eigenvalue weighted by atomic mass is 31.2. The summed E-state index contributed by atoms with van der Waals surface area (Å²) in [6.07, 6.45) is 54.0. The molecule has 0 rings (SSSR count). The number of unbranched alkanes of at least 4 members (excludes halogenated alkanes) is 43. The summed E-state index contributed by atoms with van der Waals surface area (Å²) >= 11 is 0. The number of esters is 4. The van der Waals surface area contributed by atoms with Gasteiger partial charge in [0.15, 0.2) is 12.2 Å². The summed E-state index contributed by atoms with van der Waals surface area (Å²) in [7, 11) is -9.91. The van der Waals surface area contributed by atoms with Gasteiger partial charge in [-0.2, -0.15) is 0 Å². The summed E-state index contributed by atoms with van der Waals surface area (Å²) in [4.78, 5) is 72.8.